The van der Waals surface area contributed by atoms with Gasteiger partial charge in [-0.05, 0) is 36.4 Å². The standard InChI is InChI=1S/C19H16FN3O4/c1-27-16-4-2-3-15(11-16)23-10-9-22(18(25)19(23)26)12-17(24)21-14-7-5-13(20)6-8-14/h2-11H,12H2,1H3,(H,21,24). The highest BCUT2D eigenvalue weighted by Crippen LogP contribution is 2.14. The van der Waals surface area contributed by atoms with Crippen LogP contribution in [0.15, 0.2) is 70.5 Å². The van der Waals surface area contributed by atoms with Crippen LogP contribution in [0.4, 0.5) is 10.1 Å². The summed E-state index contributed by atoms with van der Waals surface area (Å²) in [6, 6.07) is 11.9. The molecule has 27 heavy (non-hydrogen) atoms. The minimum atomic E-state index is -0.838. The average Bonchev–Trinajstić information content (AvgIpc) is 2.67. The van der Waals surface area contributed by atoms with Crippen LogP contribution in [0.5, 0.6) is 5.75 Å². The first kappa shape index (κ1) is 18.1. The van der Waals surface area contributed by atoms with Gasteiger partial charge in [0.2, 0.25) is 5.91 Å². The molecule has 8 heteroatoms. The number of hydrogen-bond donors (Lipinski definition) is 1. The van der Waals surface area contributed by atoms with Gasteiger partial charge >= 0.3 is 11.1 Å². The third kappa shape index (κ3) is 4.12. The number of nitrogens with one attached hydrogen (secondary N) is 1. The van der Waals surface area contributed by atoms with E-state index in [1.807, 2.05) is 0 Å². The molecule has 0 atom stereocenters. The summed E-state index contributed by atoms with van der Waals surface area (Å²) in [6.45, 7) is -0.343. The Morgan fingerprint density at radius 3 is 2.52 bits per heavy atom. The third-order valence-electron chi connectivity index (χ3n) is 3.83. The predicted octanol–water partition coefficient (Wildman–Crippen LogP) is 1.79. The highest BCUT2D eigenvalue weighted by Gasteiger charge is 2.11. The number of methoxy groups -OCH3 is 1. The minimum Gasteiger partial charge on any atom is -0.497 e. The van der Waals surface area contributed by atoms with Crippen molar-refractivity contribution in [2.24, 2.45) is 0 Å². The van der Waals surface area contributed by atoms with E-state index in [0.717, 1.165) is 4.57 Å². The first-order valence-electron chi connectivity index (χ1n) is 8.00. The number of amides is 1. The molecule has 0 radical (unpaired) electrons. The van der Waals surface area contributed by atoms with E-state index in [0.29, 0.717) is 17.1 Å². The number of nitrogens with zero attached hydrogens (tertiary/aromatic N) is 2. The molecule has 0 aliphatic rings. The number of anilines is 1. The predicted molar refractivity (Wildman–Crippen MR) is 97.9 cm³/mol. The zero-order chi connectivity index (χ0) is 19.4. The smallest absolute Gasteiger partial charge is 0.320 e. The van der Waals surface area contributed by atoms with Crippen molar-refractivity contribution >= 4 is 11.6 Å². The molecule has 1 N–H and O–H groups in total. The van der Waals surface area contributed by atoms with Gasteiger partial charge in [0.25, 0.3) is 0 Å². The molecule has 1 heterocycles. The van der Waals surface area contributed by atoms with Crippen LogP contribution in [0.2, 0.25) is 0 Å². The van der Waals surface area contributed by atoms with Gasteiger partial charge in [-0.3, -0.25) is 23.5 Å². The van der Waals surface area contributed by atoms with Crippen LogP contribution in [0.25, 0.3) is 5.69 Å². The molecule has 0 unspecified atom stereocenters. The maximum absolute atomic E-state index is 12.9. The number of benzene rings is 2. The lowest BCUT2D eigenvalue weighted by atomic mass is 10.3. The SMILES string of the molecule is COc1cccc(-n2ccn(CC(=O)Nc3ccc(F)cc3)c(=O)c2=O)c1. The van der Waals surface area contributed by atoms with E-state index in [1.54, 1.807) is 24.3 Å². The van der Waals surface area contributed by atoms with Crippen LogP contribution in [0.1, 0.15) is 0 Å². The number of carbonyl (C=O) groups excluding carboxylic acids is 1. The summed E-state index contributed by atoms with van der Waals surface area (Å²) >= 11 is 0. The number of rotatable bonds is 5. The molecule has 3 rings (SSSR count). The zero-order valence-electron chi connectivity index (χ0n) is 14.4. The van der Waals surface area contributed by atoms with Gasteiger partial charge < -0.3 is 10.1 Å². The maximum Gasteiger partial charge on any atom is 0.320 e. The Labute approximate surface area is 153 Å². The molecule has 0 fully saturated rings. The Morgan fingerprint density at radius 2 is 1.81 bits per heavy atom. The fourth-order valence-corrected chi connectivity index (χ4v) is 2.49. The fourth-order valence-electron chi connectivity index (χ4n) is 2.49. The molecule has 0 saturated carbocycles. The van der Waals surface area contributed by atoms with E-state index in [2.05, 4.69) is 5.32 Å². The monoisotopic (exact) mass is 369 g/mol. The van der Waals surface area contributed by atoms with Crippen molar-refractivity contribution in [3.63, 3.8) is 0 Å². The summed E-state index contributed by atoms with van der Waals surface area (Å²) in [6.07, 6.45) is 2.76. The molecule has 138 valence electrons. The molecule has 7 nitrogen and oxygen atoms in total. The van der Waals surface area contributed by atoms with Gasteiger partial charge in [-0.25, -0.2) is 4.39 Å². The van der Waals surface area contributed by atoms with E-state index < -0.39 is 22.8 Å². The largest absolute Gasteiger partial charge is 0.497 e. The molecule has 2 aromatic carbocycles. The van der Waals surface area contributed by atoms with Gasteiger partial charge in [-0.15, -0.1) is 0 Å². The highest BCUT2D eigenvalue weighted by molar-refractivity contribution is 5.90. The van der Waals surface area contributed by atoms with Crippen LogP contribution >= 0.6 is 0 Å². The van der Waals surface area contributed by atoms with Crippen LogP contribution in [0.3, 0.4) is 0 Å². The van der Waals surface area contributed by atoms with E-state index in [1.165, 1.54) is 48.3 Å². The van der Waals surface area contributed by atoms with Gasteiger partial charge in [0.15, 0.2) is 0 Å². The lowest BCUT2D eigenvalue weighted by molar-refractivity contribution is -0.116. The second kappa shape index (κ2) is 7.69. The highest BCUT2D eigenvalue weighted by atomic mass is 19.1. The molecular formula is C19H16FN3O4. The number of halogens is 1. The van der Waals surface area contributed by atoms with Crippen LogP contribution in [-0.2, 0) is 11.3 Å². The van der Waals surface area contributed by atoms with Gasteiger partial charge in [-0.1, -0.05) is 6.07 Å². The van der Waals surface area contributed by atoms with Gasteiger partial charge in [-0.2, -0.15) is 0 Å². The Hall–Kier alpha value is -3.68. The lowest BCUT2D eigenvalue weighted by Gasteiger charge is -2.10. The first-order valence-corrected chi connectivity index (χ1v) is 8.00. The molecule has 0 spiro atoms. The molecule has 0 saturated heterocycles. The first-order chi connectivity index (χ1) is 13.0. The average molecular weight is 369 g/mol. The van der Waals surface area contributed by atoms with Crippen molar-refractivity contribution < 1.29 is 13.9 Å². The summed E-state index contributed by atoms with van der Waals surface area (Å²) < 4.78 is 20.2. The maximum atomic E-state index is 12.9. The number of ether oxygens (including phenoxy) is 1. The van der Waals surface area contributed by atoms with Crippen LogP contribution in [0, 0.1) is 5.82 Å². The Bertz CT molecular complexity index is 1090. The van der Waals surface area contributed by atoms with Crippen molar-refractivity contribution in [1.29, 1.82) is 0 Å². The summed E-state index contributed by atoms with van der Waals surface area (Å²) in [4.78, 5) is 36.8. The van der Waals surface area contributed by atoms with Crippen molar-refractivity contribution in [2.75, 3.05) is 12.4 Å². The van der Waals surface area contributed by atoms with Gasteiger partial charge in [0.05, 0.1) is 12.8 Å². The van der Waals surface area contributed by atoms with E-state index in [4.69, 9.17) is 4.74 Å². The molecule has 3 aromatic rings. The molecular weight excluding hydrogens is 353 g/mol. The molecule has 1 aromatic heterocycles. The quantitative estimate of drug-likeness (QED) is 0.695. The Morgan fingerprint density at radius 1 is 1.07 bits per heavy atom. The second-order valence-corrected chi connectivity index (χ2v) is 5.66. The summed E-state index contributed by atoms with van der Waals surface area (Å²) in [7, 11) is 1.50. The van der Waals surface area contributed by atoms with Crippen LogP contribution in [-0.4, -0.2) is 22.2 Å². The number of carbonyl (C=O) groups is 1. The second-order valence-electron chi connectivity index (χ2n) is 5.66. The Kier molecular flexibility index (Phi) is 5.16. The zero-order valence-corrected chi connectivity index (χ0v) is 14.4. The van der Waals surface area contributed by atoms with Crippen molar-refractivity contribution in [2.45, 2.75) is 6.54 Å². The van der Waals surface area contributed by atoms with E-state index in [-0.39, 0.29) is 6.54 Å². The lowest BCUT2D eigenvalue weighted by Crippen LogP contribution is -2.41. The fraction of sp³-hybridized carbons (Fsp3) is 0.105. The molecule has 1 amide bonds. The third-order valence-corrected chi connectivity index (χ3v) is 3.83. The van der Waals surface area contributed by atoms with Gasteiger partial charge in [0, 0.05) is 24.1 Å². The van der Waals surface area contributed by atoms with E-state index in [9.17, 15) is 18.8 Å². The summed E-state index contributed by atoms with van der Waals surface area (Å²) in [5, 5.41) is 2.53. The Balaban J connectivity index is 1.82. The number of hydrogen-bond acceptors (Lipinski definition) is 4. The molecule has 0 aliphatic carbocycles. The van der Waals surface area contributed by atoms with Gasteiger partial charge in [0.1, 0.15) is 18.1 Å². The summed E-state index contributed by atoms with van der Waals surface area (Å²) in [5.74, 6) is -0.394. The van der Waals surface area contributed by atoms with Crippen LogP contribution < -0.4 is 21.2 Å². The molecule has 0 bridgehead atoms. The van der Waals surface area contributed by atoms with Crippen molar-refractivity contribution in [3.05, 3.63) is 87.4 Å². The van der Waals surface area contributed by atoms with E-state index >= 15 is 0 Å². The van der Waals surface area contributed by atoms with Crippen molar-refractivity contribution in [3.8, 4) is 11.4 Å². The summed E-state index contributed by atoms with van der Waals surface area (Å²) in [5.41, 5.74) is -0.770. The molecule has 0 aliphatic heterocycles. The van der Waals surface area contributed by atoms with Crippen molar-refractivity contribution in [1.82, 2.24) is 9.13 Å². The topological polar surface area (TPSA) is 82.3 Å². The normalized spacial score (nSPS) is 10.4. The number of aromatic nitrogens is 2. The minimum absolute atomic E-state index is 0.343.